The number of halogens is 1. The zero-order valence-corrected chi connectivity index (χ0v) is 25.4. The first-order valence-electron chi connectivity index (χ1n) is 12.1. The summed E-state index contributed by atoms with van der Waals surface area (Å²) < 4.78 is 10.6. The lowest BCUT2D eigenvalue weighted by molar-refractivity contribution is -0.116. The molecule has 39 heavy (non-hydrogen) atoms. The molecule has 0 spiro atoms. The summed E-state index contributed by atoms with van der Waals surface area (Å²) in [5, 5.41) is 15.1. The van der Waals surface area contributed by atoms with Crippen LogP contribution in [0.3, 0.4) is 0 Å². The Morgan fingerprint density at radius 2 is 1.74 bits per heavy atom. The highest BCUT2D eigenvalue weighted by Gasteiger charge is 2.21. The van der Waals surface area contributed by atoms with E-state index in [2.05, 4.69) is 76.3 Å². The van der Waals surface area contributed by atoms with E-state index in [1.807, 2.05) is 24.5 Å². The maximum Gasteiger partial charge on any atom is 0.214 e. The molecule has 2 heterocycles. The Kier molecular flexibility index (Phi) is 13.9. The molecule has 2 amide bonds. The minimum Gasteiger partial charge on any atom is -0.505 e. The zero-order valence-electron chi connectivity index (χ0n) is 22.9. The summed E-state index contributed by atoms with van der Waals surface area (Å²) in [5.41, 5.74) is 15.3. The number of anilines is 3. The lowest BCUT2D eigenvalue weighted by Gasteiger charge is -2.29. The van der Waals surface area contributed by atoms with Crippen LogP contribution >= 0.6 is 24.4 Å². The minimum absolute atomic E-state index is 0. The fraction of sp³-hybridized carbons (Fsp3) is 0.286. The molecule has 0 fully saturated rings. The minimum atomic E-state index is -0.621. The summed E-state index contributed by atoms with van der Waals surface area (Å²) in [7, 11) is -0.621. The molecule has 0 saturated heterocycles. The van der Waals surface area contributed by atoms with Crippen molar-refractivity contribution in [1.29, 1.82) is 4.78 Å². The molecular formula is C28H38ClN5O3S2. The predicted molar refractivity (Wildman–Crippen MR) is 169 cm³/mol. The molecule has 1 unspecified atom stereocenters. The first-order chi connectivity index (χ1) is 18.0. The first kappa shape index (κ1) is 33.8. The Balaban J connectivity index is 0.000000748. The van der Waals surface area contributed by atoms with Crippen LogP contribution in [0.5, 0.6) is 5.75 Å². The molecule has 1 atom stereocenters. The molecule has 2 aliphatic rings. The number of allylic oxidation sites excluding steroid dienone is 2. The normalized spacial score (nSPS) is 14.8. The predicted octanol–water partition coefficient (Wildman–Crippen LogP) is 5.89. The Labute approximate surface area is 244 Å². The number of aryl methyl sites for hydroxylation is 1. The molecule has 0 radical (unpaired) electrons. The number of benzene rings is 2. The van der Waals surface area contributed by atoms with Crippen molar-refractivity contribution in [2.24, 2.45) is 11.5 Å². The number of amides is 2. The van der Waals surface area contributed by atoms with Crippen LogP contribution in [0.1, 0.15) is 37.5 Å². The summed E-state index contributed by atoms with van der Waals surface area (Å²) in [5.74, 6) is -0.336. The number of carbonyl (C=O) groups excluding carboxylic acids is 2. The van der Waals surface area contributed by atoms with Crippen LogP contribution in [0, 0.1) is 18.6 Å². The Morgan fingerprint density at radius 1 is 1.15 bits per heavy atom. The Hall–Kier alpha value is -3.21. The number of nitrogens with one attached hydrogen (secondary N) is 1. The molecular weight excluding hydrogens is 554 g/mol. The number of primary amides is 2. The van der Waals surface area contributed by atoms with Crippen molar-refractivity contribution < 1.29 is 14.7 Å². The van der Waals surface area contributed by atoms with Gasteiger partial charge in [-0.3, -0.25) is 14.4 Å². The van der Waals surface area contributed by atoms with Crippen molar-refractivity contribution in [3.8, 4) is 5.75 Å². The number of nitrogens with zero attached hydrogens (tertiary/aromatic N) is 2. The number of hydrogen-bond donors (Lipinski definition) is 4. The number of phenolic OH excluding ortho intramolecular Hbond substituents is 1. The van der Waals surface area contributed by atoms with Crippen LogP contribution in [0.15, 0.2) is 64.3 Å². The van der Waals surface area contributed by atoms with Crippen LogP contribution in [0.2, 0.25) is 0 Å². The number of carbonyl (C=O) groups is 2. The molecule has 2 aromatic carbocycles. The number of hydrogen-bond acceptors (Lipinski definition) is 7. The van der Waals surface area contributed by atoms with Crippen molar-refractivity contribution >= 4 is 63.9 Å². The van der Waals surface area contributed by atoms with Gasteiger partial charge in [0.15, 0.2) is 0 Å². The van der Waals surface area contributed by atoms with Gasteiger partial charge in [-0.1, -0.05) is 29.8 Å². The van der Waals surface area contributed by atoms with Crippen LogP contribution < -0.4 is 20.7 Å². The highest BCUT2D eigenvalue weighted by molar-refractivity contribution is 8.03. The van der Waals surface area contributed by atoms with Crippen molar-refractivity contribution in [1.82, 2.24) is 0 Å². The second-order valence-electron chi connectivity index (χ2n) is 8.68. The fourth-order valence-corrected chi connectivity index (χ4v) is 5.62. The van der Waals surface area contributed by atoms with Gasteiger partial charge in [-0.05, 0) is 96.1 Å². The van der Waals surface area contributed by atoms with Gasteiger partial charge in [0.1, 0.15) is 5.75 Å². The third-order valence-electron chi connectivity index (χ3n) is 5.62. The molecule has 11 heteroatoms. The maximum absolute atomic E-state index is 11.1. The lowest BCUT2D eigenvalue weighted by Crippen LogP contribution is -2.21. The SMILES string of the molecule is CC(N)=O.CC(N)=O.CCc1c(C)cc(N(CC2=CC=CS2=N)c2ccc(N3CC=CS3)cc2)c(O)c1C.Cl. The van der Waals surface area contributed by atoms with E-state index in [0.29, 0.717) is 12.3 Å². The number of nitrogens with two attached hydrogens (primary N) is 2. The third-order valence-corrected chi connectivity index (χ3v) is 7.81. The van der Waals surface area contributed by atoms with Gasteiger partial charge in [0.05, 0.1) is 12.2 Å². The molecule has 4 rings (SSSR count). The molecule has 212 valence electrons. The molecule has 0 aliphatic carbocycles. The molecule has 2 aromatic rings. The molecule has 0 aromatic heterocycles. The van der Waals surface area contributed by atoms with E-state index in [4.69, 9.17) is 4.78 Å². The van der Waals surface area contributed by atoms with Gasteiger partial charge in [-0.2, -0.15) is 0 Å². The Bertz CT molecular complexity index is 1250. The van der Waals surface area contributed by atoms with Crippen LogP contribution in [0.4, 0.5) is 17.1 Å². The van der Waals surface area contributed by atoms with Crippen LogP contribution in [-0.2, 0) is 26.7 Å². The van der Waals surface area contributed by atoms with Gasteiger partial charge >= 0.3 is 0 Å². The second-order valence-corrected chi connectivity index (χ2v) is 11.1. The number of rotatable bonds is 6. The zero-order chi connectivity index (χ0) is 28.4. The maximum atomic E-state index is 11.1. The van der Waals surface area contributed by atoms with E-state index in [9.17, 15) is 14.7 Å². The summed E-state index contributed by atoms with van der Waals surface area (Å²) in [4.78, 5) is 21.6. The second kappa shape index (κ2) is 16.0. The fourth-order valence-electron chi connectivity index (χ4n) is 3.98. The smallest absolute Gasteiger partial charge is 0.214 e. The van der Waals surface area contributed by atoms with Crippen molar-refractivity contribution in [2.45, 2.75) is 41.0 Å². The van der Waals surface area contributed by atoms with E-state index in [0.717, 1.165) is 40.5 Å². The van der Waals surface area contributed by atoms with Gasteiger partial charge in [-0.25, -0.2) is 0 Å². The quantitative estimate of drug-likeness (QED) is 0.309. The van der Waals surface area contributed by atoms with Crippen molar-refractivity contribution in [3.63, 3.8) is 0 Å². The van der Waals surface area contributed by atoms with Crippen molar-refractivity contribution in [3.05, 3.63) is 81.0 Å². The highest BCUT2D eigenvalue weighted by atomic mass is 35.5. The van der Waals surface area contributed by atoms with E-state index in [1.165, 1.54) is 25.0 Å². The monoisotopic (exact) mass is 591 g/mol. The summed E-state index contributed by atoms with van der Waals surface area (Å²) >= 11 is 1.70. The average Bonchev–Trinajstić information content (AvgIpc) is 3.52. The van der Waals surface area contributed by atoms with E-state index < -0.39 is 10.7 Å². The van der Waals surface area contributed by atoms with E-state index in [-0.39, 0.29) is 24.2 Å². The van der Waals surface area contributed by atoms with Gasteiger partial charge in [0.25, 0.3) is 0 Å². The molecule has 2 aliphatic heterocycles. The van der Waals surface area contributed by atoms with E-state index >= 15 is 0 Å². The standard InChI is InChI=1S/C24H27N3OS2.2C2H5NO.ClH/c1-4-22-17(2)15-23(24(28)18(22)3)26(16-21-7-5-14-30(21)25)19-8-10-20(11-9-19)27-12-6-13-29-27;2*1-2(3)4;/h5-11,13-15,25,28H,4,12,16H2,1-3H3;2*1H3,(H2,3,4);1H. The van der Waals surface area contributed by atoms with Crippen LogP contribution in [0.25, 0.3) is 0 Å². The van der Waals surface area contributed by atoms with Gasteiger partial charge in [-0.15, -0.1) is 12.4 Å². The van der Waals surface area contributed by atoms with Gasteiger partial charge in [0, 0.05) is 36.7 Å². The summed E-state index contributed by atoms with van der Waals surface area (Å²) in [6.07, 6.45) is 7.04. The van der Waals surface area contributed by atoms with E-state index in [1.54, 1.807) is 11.9 Å². The van der Waals surface area contributed by atoms with Gasteiger partial charge in [0.2, 0.25) is 11.8 Å². The molecule has 0 bridgehead atoms. The molecule has 6 N–H and O–H groups in total. The average molecular weight is 592 g/mol. The highest BCUT2D eigenvalue weighted by Crippen LogP contribution is 2.40. The topological polar surface area (TPSA) is 137 Å². The Morgan fingerprint density at radius 3 is 2.21 bits per heavy atom. The number of aromatic hydroxyl groups is 1. The number of phenols is 1. The molecule has 0 saturated carbocycles. The third kappa shape index (κ3) is 9.80. The van der Waals surface area contributed by atoms with Crippen LogP contribution in [-0.4, -0.2) is 30.0 Å². The largest absolute Gasteiger partial charge is 0.505 e. The van der Waals surface area contributed by atoms with Crippen molar-refractivity contribution in [2.75, 3.05) is 22.3 Å². The first-order valence-corrected chi connectivity index (χ1v) is 14.2. The molecule has 8 nitrogen and oxygen atoms in total. The van der Waals surface area contributed by atoms with Gasteiger partial charge < -0.3 is 25.8 Å². The summed E-state index contributed by atoms with van der Waals surface area (Å²) in [6, 6.07) is 10.6. The lowest BCUT2D eigenvalue weighted by atomic mass is 9.97. The summed E-state index contributed by atoms with van der Waals surface area (Å²) in [6.45, 7) is 10.3.